The molecule has 0 bridgehead atoms. The Morgan fingerprint density at radius 3 is 2.76 bits per heavy atom. The van der Waals surface area contributed by atoms with E-state index in [0.717, 1.165) is 0 Å². The zero-order chi connectivity index (χ0) is 13.0. The molecule has 0 heterocycles. The van der Waals surface area contributed by atoms with Crippen LogP contribution < -0.4 is 11.1 Å². The van der Waals surface area contributed by atoms with Crippen LogP contribution in [0.15, 0.2) is 18.2 Å². The fraction of sp³-hybridized carbons (Fsp3) is 0.200. The van der Waals surface area contributed by atoms with Crippen LogP contribution in [-0.4, -0.2) is 22.8 Å². The molecule has 1 rings (SSSR count). The van der Waals surface area contributed by atoms with E-state index in [1.807, 2.05) is 0 Å². The molecule has 1 aromatic rings. The number of rotatable bonds is 4. The third-order valence-electron chi connectivity index (χ3n) is 2.13. The van der Waals surface area contributed by atoms with Crippen molar-refractivity contribution in [1.82, 2.24) is 0 Å². The van der Waals surface area contributed by atoms with Crippen LogP contribution in [0.1, 0.15) is 11.5 Å². The summed E-state index contributed by atoms with van der Waals surface area (Å²) in [7, 11) is 0. The van der Waals surface area contributed by atoms with E-state index in [-0.39, 0.29) is 11.7 Å². The van der Waals surface area contributed by atoms with Gasteiger partial charge in [-0.15, -0.1) is 0 Å². The summed E-state index contributed by atoms with van der Waals surface area (Å²) < 4.78 is 0. The van der Waals surface area contributed by atoms with Crippen LogP contribution in [0.4, 0.5) is 5.69 Å². The van der Waals surface area contributed by atoms with Crippen molar-refractivity contribution in [3.8, 4) is 0 Å². The second-order valence-corrected chi connectivity index (χ2v) is 4.12. The number of thiol groups is 1. The number of hydrogen-bond acceptors (Lipinski definition) is 3. The van der Waals surface area contributed by atoms with E-state index < -0.39 is 11.9 Å². The van der Waals surface area contributed by atoms with Gasteiger partial charge in [-0.3, -0.25) is 10.2 Å². The first-order chi connectivity index (χ1) is 7.95. The molecule has 1 unspecified atom stereocenters. The Balaban J connectivity index is 3.12. The van der Waals surface area contributed by atoms with E-state index in [2.05, 4.69) is 17.9 Å². The number of aliphatic carboxylic acids is 1. The minimum atomic E-state index is -0.998. The number of nitrogens with two attached hydrogens (primary N) is 1. The molecule has 0 aliphatic carbocycles. The molecular formula is C10H12ClN3O2S. The average molecular weight is 274 g/mol. The van der Waals surface area contributed by atoms with Gasteiger partial charge in [-0.25, -0.2) is 0 Å². The smallest absolute Gasteiger partial charge is 0.311 e. The topological polar surface area (TPSA) is 99.2 Å². The van der Waals surface area contributed by atoms with Crippen LogP contribution in [0.3, 0.4) is 0 Å². The SMILES string of the molecule is N=C(N)Nc1ccc(Cl)c(C(CS)C(=O)O)c1. The summed E-state index contributed by atoms with van der Waals surface area (Å²) in [4.78, 5) is 11.0. The second kappa shape index (κ2) is 5.79. The highest BCUT2D eigenvalue weighted by Gasteiger charge is 2.21. The largest absolute Gasteiger partial charge is 0.481 e. The van der Waals surface area contributed by atoms with E-state index >= 15 is 0 Å². The molecule has 0 radical (unpaired) electrons. The van der Waals surface area contributed by atoms with Gasteiger partial charge in [0, 0.05) is 16.5 Å². The fourth-order valence-electron chi connectivity index (χ4n) is 1.35. The summed E-state index contributed by atoms with van der Waals surface area (Å²) in [6, 6.07) is 4.73. The molecule has 0 saturated heterocycles. The van der Waals surface area contributed by atoms with Crippen LogP contribution in [0, 0.1) is 5.41 Å². The first kappa shape index (κ1) is 13.7. The minimum absolute atomic E-state index is 0.137. The first-order valence-corrected chi connectivity index (χ1v) is 5.71. The Kier molecular flexibility index (Phi) is 4.65. The average Bonchev–Trinajstić information content (AvgIpc) is 2.22. The van der Waals surface area contributed by atoms with E-state index in [1.54, 1.807) is 18.2 Å². The molecule has 17 heavy (non-hydrogen) atoms. The summed E-state index contributed by atoms with van der Waals surface area (Å²) >= 11 is 9.93. The molecule has 0 amide bonds. The maximum Gasteiger partial charge on any atom is 0.311 e. The molecule has 0 saturated carbocycles. The van der Waals surface area contributed by atoms with Gasteiger partial charge in [-0.05, 0) is 23.8 Å². The number of carbonyl (C=O) groups is 1. The van der Waals surface area contributed by atoms with Crippen LogP contribution in [0.5, 0.6) is 0 Å². The number of guanidine groups is 1. The number of carboxylic acid groups (broad SMARTS) is 1. The summed E-state index contributed by atoms with van der Waals surface area (Å²) in [5.74, 6) is -1.88. The van der Waals surface area contributed by atoms with Gasteiger partial charge in [0.05, 0.1) is 5.92 Å². The molecule has 0 aromatic heterocycles. The lowest BCUT2D eigenvalue weighted by Crippen LogP contribution is -2.21. The van der Waals surface area contributed by atoms with Crippen LogP contribution in [0.25, 0.3) is 0 Å². The first-order valence-electron chi connectivity index (χ1n) is 4.70. The third kappa shape index (κ3) is 3.54. The van der Waals surface area contributed by atoms with Gasteiger partial charge < -0.3 is 16.2 Å². The summed E-state index contributed by atoms with van der Waals surface area (Å²) in [6.07, 6.45) is 0. The summed E-state index contributed by atoms with van der Waals surface area (Å²) in [5, 5.41) is 19.0. The van der Waals surface area contributed by atoms with Crippen molar-refractivity contribution in [2.45, 2.75) is 5.92 Å². The Morgan fingerprint density at radius 2 is 2.29 bits per heavy atom. The van der Waals surface area contributed by atoms with Crippen molar-refractivity contribution in [3.05, 3.63) is 28.8 Å². The lowest BCUT2D eigenvalue weighted by molar-refractivity contribution is -0.138. The minimum Gasteiger partial charge on any atom is -0.481 e. The fourth-order valence-corrected chi connectivity index (χ4v) is 1.96. The van der Waals surface area contributed by atoms with E-state index in [4.69, 9.17) is 27.9 Å². The molecular weight excluding hydrogens is 262 g/mol. The molecule has 1 atom stereocenters. The Morgan fingerprint density at radius 1 is 1.65 bits per heavy atom. The van der Waals surface area contributed by atoms with Crippen molar-refractivity contribution in [2.24, 2.45) is 5.73 Å². The summed E-state index contributed by atoms with van der Waals surface area (Å²) in [6.45, 7) is 0. The van der Waals surface area contributed by atoms with Gasteiger partial charge >= 0.3 is 5.97 Å². The second-order valence-electron chi connectivity index (χ2n) is 3.35. The number of nitrogens with one attached hydrogen (secondary N) is 2. The number of hydrogen-bond donors (Lipinski definition) is 5. The van der Waals surface area contributed by atoms with Gasteiger partial charge in [0.25, 0.3) is 0 Å². The van der Waals surface area contributed by atoms with Gasteiger partial charge in [0.15, 0.2) is 5.96 Å². The third-order valence-corrected chi connectivity index (χ3v) is 2.84. The molecule has 0 spiro atoms. The van der Waals surface area contributed by atoms with Gasteiger partial charge in [-0.1, -0.05) is 11.6 Å². The van der Waals surface area contributed by atoms with E-state index in [1.165, 1.54) is 0 Å². The highest BCUT2D eigenvalue weighted by Crippen LogP contribution is 2.28. The highest BCUT2D eigenvalue weighted by atomic mass is 35.5. The van der Waals surface area contributed by atoms with Gasteiger partial charge in [-0.2, -0.15) is 12.6 Å². The monoisotopic (exact) mass is 273 g/mol. The number of anilines is 1. The van der Waals surface area contributed by atoms with Crippen LogP contribution in [-0.2, 0) is 4.79 Å². The van der Waals surface area contributed by atoms with Crippen molar-refractivity contribution in [2.75, 3.05) is 11.1 Å². The van der Waals surface area contributed by atoms with Crippen LogP contribution >= 0.6 is 24.2 Å². The number of halogens is 1. The Hall–Kier alpha value is -1.40. The van der Waals surface area contributed by atoms with E-state index in [0.29, 0.717) is 16.3 Å². The molecule has 0 aliphatic heterocycles. The predicted octanol–water partition coefficient (Wildman–Crippen LogP) is 1.74. The van der Waals surface area contributed by atoms with Gasteiger partial charge in [0.2, 0.25) is 0 Å². The van der Waals surface area contributed by atoms with E-state index in [9.17, 15) is 4.79 Å². The molecule has 1 aromatic carbocycles. The molecule has 0 fully saturated rings. The standard InChI is InChI=1S/C10H12ClN3O2S/c11-8-2-1-5(14-10(12)13)3-6(8)7(4-17)9(15)16/h1-3,7,17H,4H2,(H,15,16)(H4,12,13,14). The number of carboxylic acids is 1. The number of benzene rings is 1. The molecule has 92 valence electrons. The Bertz CT molecular complexity index is 453. The maximum absolute atomic E-state index is 11.0. The molecule has 5 nitrogen and oxygen atoms in total. The zero-order valence-corrected chi connectivity index (χ0v) is 10.4. The van der Waals surface area contributed by atoms with Crippen molar-refractivity contribution in [1.29, 1.82) is 5.41 Å². The quantitative estimate of drug-likeness (QED) is 0.328. The molecule has 7 heteroatoms. The zero-order valence-electron chi connectivity index (χ0n) is 8.77. The lowest BCUT2D eigenvalue weighted by atomic mass is 10.0. The van der Waals surface area contributed by atoms with Crippen molar-refractivity contribution < 1.29 is 9.90 Å². The van der Waals surface area contributed by atoms with Gasteiger partial charge in [0.1, 0.15) is 0 Å². The normalized spacial score (nSPS) is 11.9. The van der Waals surface area contributed by atoms with Crippen molar-refractivity contribution in [3.63, 3.8) is 0 Å². The Labute approximate surface area is 109 Å². The summed E-state index contributed by atoms with van der Waals surface area (Å²) in [5.41, 5.74) is 6.15. The molecule has 0 aliphatic rings. The lowest BCUT2D eigenvalue weighted by Gasteiger charge is -2.13. The maximum atomic E-state index is 11.0. The van der Waals surface area contributed by atoms with Crippen molar-refractivity contribution >= 4 is 41.8 Å². The van der Waals surface area contributed by atoms with Crippen LogP contribution in [0.2, 0.25) is 5.02 Å². The predicted molar refractivity (Wildman–Crippen MR) is 71.2 cm³/mol. The molecule has 5 N–H and O–H groups in total. The highest BCUT2D eigenvalue weighted by molar-refractivity contribution is 7.80.